The fourth-order valence-corrected chi connectivity index (χ4v) is 5.22. The second-order valence-corrected chi connectivity index (χ2v) is 10.4. The van der Waals surface area contributed by atoms with Crippen LogP contribution in [0.1, 0.15) is 31.7 Å². The van der Waals surface area contributed by atoms with Gasteiger partial charge in [-0.05, 0) is 72.7 Å². The van der Waals surface area contributed by atoms with Gasteiger partial charge in [-0.15, -0.1) is 0 Å². The average molecular weight is 602 g/mol. The van der Waals surface area contributed by atoms with E-state index in [2.05, 4.69) is 17.3 Å². The Bertz CT molecular complexity index is 1590. The summed E-state index contributed by atoms with van der Waals surface area (Å²) in [5.74, 6) is 0.150. The van der Waals surface area contributed by atoms with Crippen molar-refractivity contribution >= 4 is 46.2 Å². The van der Waals surface area contributed by atoms with Crippen LogP contribution in [0.15, 0.2) is 85.2 Å². The summed E-state index contributed by atoms with van der Waals surface area (Å²) in [7, 11) is 1.52. The number of carbonyl (C=O) groups excluding carboxylic acids is 2. The lowest BCUT2D eigenvalue weighted by atomic mass is 10.1. The summed E-state index contributed by atoms with van der Waals surface area (Å²) in [6, 6.07) is 19.4. The Kier molecular flexibility index (Phi) is 9.31. The third-order valence-electron chi connectivity index (χ3n) is 6.98. The number of methoxy groups -OCH3 is 1. The molecule has 2 amide bonds. The van der Waals surface area contributed by atoms with Crippen LogP contribution in [0.4, 0.5) is 21.5 Å². The summed E-state index contributed by atoms with van der Waals surface area (Å²) >= 11 is 5.83. The Hall–Kier alpha value is -4.77. The number of thiocarbonyl (C=S) groups is 1. The molecule has 1 atom stereocenters. The highest BCUT2D eigenvalue weighted by molar-refractivity contribution is 7.81. The molecule has 4 aromatic rings. The minimum Gasteiger partial charge on any atom is -0.495 e. The van der Waals surface area contributed by atoms with Crippen LogP contribution in [-0.2, 0) is 16.1 Å². The number of amides is 2. The first-order valence-electron chi connectivity index (χ1n) is 14.0. The zero-order chi connectivity index (χ0) is 30.3. The van der Waals surface area contributed by atoms with Gasteiger partial charge >= 0.3 is 0 Å². The third-order valence-corrected chi connectivity index (χ3v) is 7.36. The Labute approximate surface area is 254 Å². The lowest BCUT2D eigenvalue weighted by Gasteiger charge is -2.22. The van der Waals surface area contributed by atoms with Crippen LogP contribution >= 0.6 is 12.2 Å². The first kappa shape index (κ1) is 29.7. The molecule has 3 aromatic carbocycles. The summed E-state index contributed by atoms with van der Waals surface area (Å²) in [5, 5.41) is 7.52. The summed E-state index contributed by atoms with van der Waals surface area (Å²) in [4.78, 5) is 30.2. The zero-order valence-corrected chi connectivity index (χ0v) is 24.7. The number of rotatable bonds is 12. The molecular formula is C32H32FN5O4S. The number of aromatic nitrogens is 2. The van der Waals surface area contributed by atoms with E-state index in [0.717, 1.165) is 24.2 Å². The number of halogens is 1. The standard InChI is InChI=1S/C32H32FN5O4S/c1-3-4-17-42-26-15-13-24(14-16-26)35-30(39)18-28-31(40)38(27-7-5-6-8-29(27)41-2)32(43)37(28)25-19-34-36(21-25)20-22-9-11-23(33)12-10-22/h5-16,19,21,28H,3-4,17-18,20H2,1-2H3,(H,35,39)/t28-/m1/s1. The van der Waals surface area contributed by atoms with Crippen molar-refractivity contribution < 1.29 is 23.5 Å². The predicted molar refractivity (Wildman–Crippen MR) is 167 cm³/mol. The normalized spacial score (nSPS) is 14.7. The van der Waals surface area contributed by atoms with Crippen molar-refractivity contribution in [1.82, 2.24) is 9.78 Å². The van der Waals surface area contributed by atoms with Crippen LogP contribution in [-0.4, -0.2) is 46.5 Å². The van der Waals surface area contributed by atoms with Crippen LogP contribution in [0.5, 0.6) is 11.5 Å². The van der Waals surface area contributed by atoms with Crippen molar-refractivity contribution in [2.75, 3.05) is 28.8 Å². The molecule has 11 heteroatoms. The smallest absolute Gasteiger partial charge is 0.257 e. The van der Waals surface area contributed by atoms with Crippen LogP contribution < -0.4 is 24.6 Å². The molecule has 0 saturated carbocycles. The first-order chi connectivity index (χ1) is 20.9. The highest BCUT2D eigenvalue weighted by atomic mass is 32.1. The maximum Gasteiger partial charge on any atom is 0.257 e. The van der Waals surface area contributed by atoms with E-state index in [-0.39, 0.29) is 29.2 Å². The Morgan fingerprint density at radius 2 is 1.81 bits per heavy atom. The molecule has 5 rings (SSSR count). The topological polar surface area (TPSA) is 88.9 Å². The van der Waals surface area contributed by atoms with Crippen LogP contribution in [0.25, 0.3) is 0 Å². The van der Waals surface area contributed by atoms with Gasteiger partial charge in [0.1, 0.15) is 23.4 Å². The molecule has 222 valence electrons. The molecule has 0 radical (unpaired) electrons. The van der Waals surface area contributed by atoms with Gasteiger partial charge in [0.2, 0.25) is 5.91 Å². The number of para-hydroxylation sites is 2. The minimum atomic E-state index is -0.933. The zero-order valence-electron chi connectivity index (χ0n) is 23.9. The fourth-order valence-electron chi connectivity index (χ4n) is 4.80. The average Bonchev–Trinajstić information content (AvgIpc) is 3.56. The van der Waals surface area contributed by atoms with Gasteiger partial charge < -0.3 is 19.7 Å². The summed E-state index contributed by atoms with van der Waals surface area (Å²) in [6.07, 6.45) is 5.18. The van der Waals surface area contributed by atoms with Crippen molar-refractivity contribution in [3.05, 3.63) is 96.6 Å². The van der Waals surface area contributed by atoms with Crippen molar-refractivity contribution in [2.24, 2.45) is 0 Å². The maximum atomic E-state index is 13.9. The van der Waals surface area contributed by atoms with Crippen LogP contribution in [0.2, 0.25) is 0 Å². The van der Waals surface area contributed by atoms with E-state index >= 15 is 0 Å². The van der Waals surface area contributed by atoms with E-state index in [1.54, 1.807) is 82.6 Å². The second-order valence-electron chi connectivity index (χ2n) is 10.0. The number of anilines is 3. The molecule has 0 spiro atoms. The van der Waals surface area contributed by atoms with Crippen molar-refractivity contribution in [2.45, 2.75) is 38.8 Å². The highest BCUT2D eigenvalue weighted by Crippen LogP contribution is 2.36. The third kappa shape index (κ3) is 6.83. The fraction of sp³-hybridized carbons (Fsp3) is 0.250. The van der Waals surface area contributed by atoms with Crippen LogP contribution in [0.3, 0.4) is 0 Å². The van der Waals surface area contributed by atoms with E-state index in [1.165, 1.54) is 24.1 Å². The SMILES string of the molecule is CCCCOc1ccc(NC(=O)C[C@@H]2C(=O)N(c3ccccc3OC)C(=S)N2c2cnn(Cc3ccc(F)cc3)c2)cc1. The largest absolute Gasteiger partial charge is 0.495 e. The molecule has 2 heterocycles. The van der Waals surface area contributed by atoms with Gasteiger partial charge in [0.25, 0.3) is 5.91 Å². The Morgan fingerprint density at radius 3 is 2.53 bits per heavy atom. The molecule has 1 aliphatic heterocycles. The van der Waals surface area contributed by atoms with E-state index in [1.807, 2.05) is 0 Å². The molecule has 0 bridgehead atoms. The van der Waals surface area contributed by atoms with Gasteiger partial charge in [-0.3, -0.25) is 19.2 Å². The van der Waals surface area contributed by atoms with Gasteiger partial charge in [0, 0.05) is 11.9 Å². The summed E-state index contributed by atoms with van der Waals surface area (Å²) in [5.41, 5.74) is 2.46. The number of hydrogen-bond donors (Lipinski definition) is 1. The molecule has 1 aromatic heterocycles. The highest BCUT2D eigenvalue weighted by Gasteiger charge is 2.46. The number of nitrogens with one attached hydrogen (secondary N) is 1. The monoisotopic (exact) mass is 601 g/mol. The predicted octanol–water partition coefficient (Wildman–Crippen LogP) is 5.79. The quantitative estimate of drug-likeness (QED) is 0.162. The molecule has 0 unspecified atom stereocenters. The summed E-state index contributed by atoms with van der Waals surface area (Å²) < 4.78 is 26.3. The van der Waals surface area contributed by atoms with E-state index in [0.29, 0.717) is 36.0 Å². The minimum absolute atomic E-state index is 0.164. The van der Waals surface area contributed by atoms with Gasteiger partial charge in [-0.1, -0.05) is 37.6 Å². The van der Waals surface area contributed by atoms with E-state index < -0.39 is 6.04 Å². The summed E-state index contributed by atoms with van der Waals surface area (Å²) in [6.45, 7) is 3.11. The van der Waals surface area contributed by atoms with Crippen molar-refractivity contribution in [3.63, 3.8) is 0 Å². The number of nitrogens with zero attached hydrogens (tertiary/aromatic N) is 4. The molecule has 0 aliphatic carbocycles. The number of benzene rings is 3. The number of hydrogen-bond acceptors (Lipinski definition) is 6. The van der Waals surface area contributed by atoms with Crippen LogP contribution in [0, 0.1) is 5.82 Å². The Balaban J connectivity index is 1.38. The number of ether oxygens (including phenoxy) is 2. The van der Waals surface area contributed by atoms with Crippen molar-refractivity contribution in [1.29, 1.82) is 0 Å². The maximum absolute atomic E-state index is 13.9. The molecule has 1 fully saturated rings. The van der Waals surface area contributed by atoms with Gasteiger partial charge in [-0.2, -0.15) is 5.10 Å². The number of carbonyl (C=O) groups is 2. The lowest BCUT2D eigenvalue weighted by Crippen LogP contribution is -2.37. The van der Waals surface area contributed by atoms with E-state index in [4.69, 9.17) is 21.7 Å². The van der Waals surface area contributed by atoms with Crippen molar-refractivity contribution in [3.8, 4) is 11.5 Å². The van der Waals surface area contributed by atoms with E-state index in [9.17, 15) is 14.0 Å². The first-order valence-corrected chi connectivity index (χ1v) is 14.4. The lowest BCUT2D eigenvalue weighted by molar-refractivity contribution is -0.122. The molecule has 1 N–H and O–H groups in total. The number of unbranched alkanes of at least 4 members (excludes halogenated alkanes) is 1. The molecular weight excluding hydrogens is 569 g/mol. The second kappa shape index (κ2) is 13.5. The molecule has 1 saturated heterocycles. The molecule has 1 aliphatic rings. The Morgan fingerprint density at radius 1 is 1.07 bits per heavy atom. The van der Waals surface area contributed by atoms with Gasteiger partial charge in [-0.25, -0.2) is 4.39 Å². The van der Waals surface area contributed by atoms with Gasteiger partial charge in [0.05, 0.1) is 44.3 Å². The molecule has 43 heavy (non-hydrogen) atoms. The van der Waals surface area contributed by atoms with Gasteiger partial charge in [0.15, 0.2) is 5.11 Å². The molecule has 9 nitrogen and oxygen atoms in total.